The maximum atomic E-state index is 12.5. The van der Waals surface area contributed by atoms with Crippen LogP contribution in [0.15, 0.2) is 42.6 Å². The molecule has 2 aromatic heterocycles. The van der Waals surface area contributed by atoms with Gasteiger partial charge in [0.1, 0.15) is 6.10 Å². The second-order valence-corrected chi connectivity index (χ2v) is 8.43. The predicted molar refractivity (Wildman–Crippen MR) is 125 cm³/mol. The van der Waals surface area contributed by atoms with Crippen LogP contribution >= 0.6 is 11.6 Å². The standard InChI is InChI=1S/C23H22ClN7O3/c1-13(17-5-3-4-6-18(17)24)34-23(33)28-21-20(29-30-31(21)2)19-8-7-16(12-26-19)27-22(32)15-9-14(10-15)11-25/h3-8,12-15H,9-10H2,1-2H3,(H,27,32)(H,28,33)/t13-,14?,15?/m1/s1. The second kappa shape index (κ2) is 9.89. The van der Waals surface area contributed by atoms with Gasteiger partial charge in [0.05, 0.1) is 23.6 Å². The number of rotatable bonds is 6. The number of aryl methyl sites for hydroxylation is 1. The van der Waals surface area contributed by atoms with Crippen molar-refractivity contribution in [2.45, 2.75) is 25.9 Å². The molecule has 4 rings (SSSR count). The first-order chi connectivity index (χ1) is 16.4. The Labute approximate surface area is 200 Å². The molecule has 1 fully saturated rings. The normalized spacial score (nSPS) is 17.7. The number of nitrogens with one attached hydrogen (secondary N) is 2. The number of aromatic nitrogens is 4. The number of pyridine rings is 1. The average molecular weight is 480 g/mol. The van der Waals surface area contributed by atoms with Crippen molar-refractivity contribution < 1.29 is 14.3 Å². The minimum Gasteiger partial charge on any atom is -0.441 e. The van der Waals surface area contributed by atoms with Crippen molar-refractivity contribution in [3.63, 3.8) is 0 Å². The van der Waals surface area contributed by atoms with E-state index in [1.165, 1.54) is 10.9 Å². The topological polar surface area (TPSA) is 135 Å². The number of halogens is 1. The molecule has 2 amide bonds. The number of nitrogens with zero attached hydrogens (tertiary/aromatic N) is 5. The number of nitriles is 1. The number of ether oxygens (including phenoxy) is 1. The molecule has 0 saturated heterocycles. The molecule has 0 unspecified atom stereocenters. The minimum absolute atomic E-state index is 0.0433. The van der Waals surface area contributed by atoms with E-state index >= 15 is 0 Å². The van der Waals surface area contributed by atoms with Crippen molar-refractivity contribution >= 4 is 35.1 Å². The van der Waals surface area contributed by atoms with E-state index in [2.05, 4.69) is 32.0 Å². The Hall–Kier alpha value is -3.97. The summed E-state index contributed by atoms with van der Waals surface area (Å²) in [7, 11) is 1.63. The summed E-state index contributed by atoms with van der Waals surface area (Å²) in [6.45, 7) is 1.72. The van der Waals surface area contributed by atoms with Gasteiger partial charge in [0.15, 0.2) is 11.5 Å². The van der Waals surface area contributed by atoms with Gasteiger partial charge in [-0.1, -0.05) is 35.0 Å². The predicted octanol–water partition coefficient (Wildman–Crippen LogP) is 4.33. The Balaban J connectivity index is 1.41. The van der Waals surface area contributed by atoms with E-state index in [1.807, 2.05) is 6.07 Å². The number of amides is 2. The molecule has 174 valence electrons. The largest absolute Gasteiger partial charge is 0.441 e. The highest BCUT2D eigenvalue weighted by molar-refractivity contribution is 6.31. The quantitative estimate of drug-likeness (QED) is 0.537. The summed E-state index contributed by atoms with van der Waals surface area (Å²) < 4.78 is 6.86. The minimum atomic E-state index is -0.695. The van der Waals surface area contributed by atoms with Crippen LogP contribution in [0.25, 0.3) is 11.4 Å². The lowest BCUT2D eigenvalue weighted by Gasteiger charge is -2.29. The van der Waals surface area contributed by atoms with Crippen molar-refractivity contribution in [2.75, 3.05) is 10.6 Å². The molecular formula is C23H22ClN7O3. The molecule has 10 nitrogen and oxygen atoms in total. The molecule has 1 aliphatic carbocycles. The molecule has 2 heterocycles. The van der Waals surface area contributed by atoms with Crippen LogP contribution in [-0.4, -0.2) is 32.0 Å². The Kier molecular flexibility index (Phi) is 6.75. The van der Waals surface area contributed by atoms with E-state index in [1.54, 1.807) is 44.3 Å². The Morgan fingerprint density at radius 1 is 1.24 bits per heavy atom. The van der Waals surface area contributed by atoms with Gasteiger partial charge >= 0.3 is 6.09 Å². The van der Waals surface area contributed by atoms with Gasteiger partial charge < -0.3 is 10.1 Å². The number of carbonyl (C=O) groups is 2. The van der Waals surface area contributed by atoms with Crippen LogP contribution in [0.5, 0.6) is 0 Å². The first kappa shape index (κ1) is 23.2. The van der Waals surface area contributed by atoms with Crippen molar-refractivity contribution in [3.8, 4) is 17.5 Å². The van der Waals surface area contributed by atoms with Crippen molar-refractivity contribution in [2.24, 2.45) is 18.9 Å². The Morgan fingerprint density at radius 2 is 2.00 bits per heavy atom. The summed E-state index contributed by atoms with van der Waals surface area (Å²) >= 11 is 6.18. The summed E-state index contributed by atoms with van der Waals surface area (Å²) in [5.41, 5.74) is 2.01. The summed E-state index contributed by atoms with van der Waals surface area (Å²) in [5, 5.41) is 22.9. The van der Waals surface area contributed by atoms with Crippen molar-refractivity contribution in [1.29, 1.82) is 5.26 Å². The number of carbonyl (C=O) groups excluding carboxylic acids is 2. The third-order valence-electron chi connectivity index (χ3n) is 5.64. The molecule has 11 heteroatoms. The van der Waals surface area contributed by atoms with Gasteiger partial charge in [-0.2, -0.15) is 5.26 Å². The first-order valence-corrected chi connectivity index (χ1v) is 11.0. The molecule has 0 radical (unpaired) electrons. The molecular weight excluding hydrogens is 458 g/mol. The number of hydrogen-bond donors (Lipinski definition) is 2. The van der Waals surface area contributed by atoms with Gasteiger partial charge in [-0.15, -0.1) is 5.10 Å². The molecule has 1 atom stereocenters. The van der Waals surface area contributed by atoms with Crippen LogP contribution in [0, 0.1) is 23.2 Å². The van der Waals surface area contributed by atoms with E-state index in [-0.39, 0.29) is 17.7 Å². The van der Waals surface area contributed by atoms with E-state index in [0.29, 0.717) is 46.3 Å². The van der Waals surface area contributed by atoms with Gasteiger partial charge in [0.2, 0.25) is 5.91 Å². The van der Waals surface area contributed by atoms with Crippen LogP contribution in [0.3, 0.4) is 0 Å². The van der Waals surface area contributed by atoms with Gasteiger partial charge in [-0.3, -0.25) is 15.1 Å². The molecule has 2 N–H and O–H groups in total. The molecule has 34 heavy (non-hydrogen) atoms. The van der Waals surface area contributed by atoms with Gasteiger partial charge in [-0.25, -0.2) is 9.48 Å². The summed E-state index contributed by atoms with van der Waals surface area (Å²) in [5.74, 6) is -0.0200. The lowest BCUT2D eigenvalue weighted by atomic mass is 9.75. The van der Waals surface area contributed by atoms with Crippen LogP contribution in [-0.2, 0) is 16.6 Å². The van der Waals surface area contributed by atoms with Gasteiger partial charge in [-0.05, 0) is 38.0 Å². The molecule has 0 aliphatic heterocycles. The lowest BCUT2D eigenvalue weighted by Crippen LogP contribution is -2.33. The third-order valence-corrected chi connectivity index (χ3v) is 5.98. The maximum absolute atomic E-state index is 12.5. The van der Waals surface area contributed by atoms with E-state index in [9.17, 15) is 9.59 Å². The van der Waals surface area contributed by atoms with E-state index in [4.69, 9.17) is 21.6 Å². The molecule has 1 saturated carbocycles. The molecule has 1 aliphatic rings. The highest BCUT2D eigenvalue weighted by Crippen LogP contribution is 2.34. The summed E-state index contributed by atoms with van der Waals surface area (Å²) in [6, 6.07) is 12.7. The Morgan fingerprint density at radius 3 is 2.68 bits per heavy atom. The lowest BCUT2D eigenvalue weighted by molar-refractivity contribution is -0.123. The highest BCUT2D eigenvalue weighted by Gasteiger charge is 2.34. The van der Waals surface area contributed by atoms with Crippen LogP contribution in [0.2, 0.25) is 5.02 Å². The van der Waals surface area contributed by atoms with Gasteiger partial charge in [0, 0.05) is 29.5 Å². The zero-order chi connectivity index (χ0) is 24.2. The van der Waals surface area contributed by atoms with E-state index < -0.39 is 12.2 Å². The first-order valence-electron chi connectivity index (χ1n) is 10.6. The number of anilines is 2. The van der Waals surface area contributed by atoms with Crippen LogP contribution in [0.1, 0.15) is 31.4 Å². The zero-order valence-corrected chi connectivity index (χ0v) is 19.3. The molecule has 1 aromatic carbocycles. The molecule has 0 spiro atoms. The fourth-order valence-corrected chi connectivity index (χ4v) is 3.90. The fourth-order valence-electron chi connectivity index (χ4n) is 3.61. The Bertz CT molecular complexity index is 1250. The summed E-state index contributed by atoms with van der Waals surface area (Å²) in [4.78, 5) is 29.1. The fraction of sp³-hybridized carbons (Fsp3) is 0.304. The van der Waals surface area contributed by atoms with Crippen LogP contribution < -0.4 is 10.6 Å². The smallest absolute Gasteiger partial charge is 0.413 e. The highest BCUT2D eigenvalue weighted by atomic mass is 35.5. The van der Waals surface area contributed by atoms with E-state index in [0.717, 1.165) is 0 Å². The SMILES string of the molecule is C[C@@H](OC(=O)Nc1c(-c2ccc(NC(=O)C3CC(C#N)C3)cn2)nnn1C)c1ccccc1Cl. The van der Waals surface area contributed by atoms with Crippen LogP contribution in [0.4, 0.5) is 16.3 Å². The third kappa shape index (κ3) is 5.00. The van der Waals surface area contributed by atoms with Crippen molar-refractivity contribution in [3.05, 3.63) is 53.2 Å². The molecule has 0 bridgehead atoms. The monoisotopic (exact) mass is 479 g/mol. The second-order valence-electron chi connectivity index (χ2n) is 8.02. The van der Waals surface area contributed by atoms with Crippen molar-refractivity contribution in [1.82, 2.24) is 20.0 Å². The summed E-state index contributed by atoms with van der Waals surface area (Å²) in [6.07, 6.45) is 1.39. The van der Waals surface area contributed by atoms with Gasteiger partial charge in [0.25, 0.3) is 0 Å². The molecule has 3 aromatic rings. The number of benzene rings is 1. The maximum Gasteiger partial charge on any atom is 0.413 e. The zero-order valence-electron chi connectivity index (χ0n) is 18.5. The number of hydrogen-bond acceptors (Lipinski definition) is 7. The average Bonchev–Trinajstić information content (AvgIpc) is 3.13.